The Kier molecular flexibility index (Phi) is 4.84. The molecule has 0 aliphatic carbocycles. The first-order valence-electron chi connectivity index (χ1n) is 5.75. The summed E-state index contributed by atoms with van der Waals surface area (Å²) in [6.07, 6.45) is 1.10. The van der Waals surface area contributed by atoms with E-state index >= 15 is 0 Å². The molecule has 0 fully saturated rings. The number of hydrogen-bond acceptors (Lipinski definition) is 5. The molecule has 0 saturated carbocycles. The zero-order valence-corrected chi connectivity index (χ0v) is 11.9. The van der Waals surface area contributed by atoms with Crippen LogP contribution in [0.15, 0.2) is 12.3 Å². The second kappa shape index (κ2) is 5.95. The molecule has 0 aliphatic rings. The maximum Gasteiger partial charge on any atom is 0.410 e. The van der Waals surface area contributed by atoms with Gasteiger partial charge in [0, 0.05) is 12.7 Å². The zero-order valence-electron chi connectivity index (χ0n) is 11.1. The number of ether oxygens (including phenoxy) is 1. The lowest BCUT2D eigenvalue weighted by Crippen LogP contribution is -2.39. The van der Waals surface area contributed by atoms with E-state index in [0.29, 0.717) is 11.4 Å². The molecule has 1 aromatic heterocycles. The van der Waals surface area contributed by atoms with Gasteiger partial charge in [-0.1, -0.05) is 0 Å². The van der Waals surface area contributed by atoms with E-state index in [0.717, 1.165) is 11.5 Å². The summed E-state index contributed by atoms with van der Waals surface area (Å²) in [6, 6.07) is 1.65. The number of carbonyl (C=O) groups excluding carboxylic acids is 2. The van der Waals surface area contributed by atoms with E-state index in [1.165, 1.54) is 4.90 Å². The number of amides is 1. The van der Waals surface area contributed by atoms with Gasteiger partial charge in [0.05, 0.1) is 11.4 Å². The SMILES string of the molecule is CCN(CC(=O)c1ccns1)C(=O)OC(C)(C)C. The normalized spacial score (nSPS) is 11.1. The molecule has 100 valence electrons. The second-order valence-corrected chi connectivity index (χ2v) is 5.63. The van der Waals surface area contributed by atoms with Gasteiger partial charge in [0.25, 0.3) is 0 Å². The molecule has 0 saturated heterocycles. The third-order valence-corrected chi connectivity index (χ3v) is 2.87. The van der Waals surface area contributed by atoms with Gasteiger partial charge < -0.3 is 9.64 Å². The van der Waals surface area contributed by atoms with Crippen molar-refractivity contribution in [1.82, 2.24) is 9.27 Å². The van der Waals surface area contributed by atoms with Crippen LogP contribution in [-0.4, -0.2) is 39.8 Å². The number of rotatable bonds is 4. The first-order chi connectivity index (χ1) is 8.33. The fraction of sp³-hybridized carbons (Fsp3) is 0.583. The highest BCUT2D eigenvalue weighted by Crippen LogP contribution is 2.11. The van der Waals surface area contributed by atoms with Crippen molar-refractivity contribution in [3.8, 4) is 0 Å². The van der Waals surface area contributed by atoms with Crippen LogP contribution in [-0.2, 0) is 4.74 Å². The summed E-state index contributed by atoms with van der Waals surface area (Å²) < 4.78 is 9.10. The third kappa shape index (κ3) is 4.44. The highest BCUT2D eigenvalue weighted by atomic mass is 32.1. The minimum absolute atomic E-state index is 0.0214. The standard InChI is InChI=1S/C12H18N2O3S/c1-5-14(11(16)17-12(2,3)4)8-9(15)10-6-7-13-18-10/h6-7H,5,8H2,1-4H3. The van der Waals surface area contributed by atoms with Crippen molar-refractivity contribution in [2.75, 3.05) is 13.1 Å². The summed E-state index contributed by atoms with van der Waals surface area (Å²) in [7, 11) is 0. The maximum atomic E-state index is 11.9. The summed E-state index contributed by atoms with van der Waals surface area (Å²) in [6.45, 7) is 7.65. The van der Waals surface area contributed by atoms with E-state index < -0.39 is 11.7 Å². The first kappa shape index (κ1) is 14.6. The van der Waals surface area contributed by atoms with Gasteiger partial charge in [0.1, 0.15) is 5.60 Å². The predicted octanol–water partition coefficient (Wildman–Crippen LogP) is 2.58. The van der Waals surface area contributed by atoms with Crippen molar-refractivity contribution in [3.05, 3.63) is 17.1 Å². The molecule has 1 rings (SSSR count). The minimum Gasteiger partial charge on any atom is -0.444 e. The van der Waals surface area contributed by atoms with E-state index in [-0.39, 0.29) is 12.3 Å². The summed E-state index contributed by atoms with van der Waals surface area (Å²) in [5, 5.41) is 0. The molecule has 0 N–H and O–H groups in total. The molecule has 0 aromatic carbocycles. The van der Waals surface area contributed by atoms with Crippen LogP contribution >= 0.6 is 11.5 Å². The van der Waals surface area contributed by atoms with Gasteiger partial charge in [-0.2, -0.15) is 0 Å². The predicted molar refractivity (Wildman–Crippen MR) is 69.9 cm³/mol. The lowest BCUT2D eigenvalue weighted by atomic mass is 10.2. The van der Waals surface area contributed by atoms with E-state index in [1.807, 2.05) is 6.92 Å². The van der Waals surface area contributed by atoms with Crippen molar-refractivity contribution in [3.63, 3.8) is 0 Å². The van der Waals surface area contributed by atoms with Crippen molar-refractivity contribution in [2.45, 2.75) is 33.3 Å². The van der Waals surface area contributed by atoms with Crippen LogP contribution in [0.2, 0.25) is 0 Å². The lowest BCUT2D eigenvalue weighted by Gasteiger charge is -2.25. The number of Topliss-reactive ketones (excluding diaryl/α,β-unsaturated/α-hetero) is 1. The Morgan fingerprint density at radius 1 is 1.44 bits per heavy atom. The van der Waals surface area contributed by atoms with Gasteiger partial charge in [0.15, 0.2) is 5.78 Å². The van der Waals surface area contributed by atoms with Gasteiger partial charge in [-0.15, -0.1) is 0 Å². The number of hydrogen-bond donors (Lipinski definition) is 0. The molecule has 18 heavy (non-hydrogen) atoms. The van der Waals surface area contributed by atoms with Gasteiger partial charge >= 0.3 is 6.09 Å². The number of nitrogens with zero attached hydrogens (tertiary/aromatic N) is 2. The quantitative estimate of drug-likeness (QED) is 0.789. The highest BCUT2D eigenvalue weighted by molar-refractivity contribution is 7.08. The fourth-order valence-electron chi connectivity index (χ4n) is 1.24. The summed E-state index contributed by atoms with van der Waals surface area (Å²) in [5.41, 5.74) is -0.558. The topological polar surface area (TPSA) is 59.5 Å². The van der Waals surface area contributed by atoms with Crippen LogP contribution in [0.25, 0.3) is 0 Å². The molecule has 1 aromatic rings. The third-order valence-electron chi connectivity index (χ3n) is 2.08. The maximum absolute atomic E-state index is 11.9. The molecule has 1 amide bonds. The second-order valence-electron chi connectivity index (χ2n) is 4.79. The first-order valence-corrected chi connectivity index (χ1v) is 6.52. The van der Waals surface area contributed by atoms with E-state index in [4.69, 9.17) is 4.74 Å². The molecule has 0 unspecified atom stereocenters. The van der Waals surface area contributed by atoms with E-state index in [1.54, 1.807) is 33.0 Å². The Hall–Kier alpha value is -1.43. The smallest absolute Gasteiger partial charge is 0.410 e. The molecule has 6 heteroatoms. The molecular formula is C12H18N2O3S. The Balaban J connectivity index is 2.62. The molecule has 5 nitrogen and oxygen atoms in total. The van der Waals surface area contributed by atoms with E-state index in [9.17, 15) is 9.59 Å². The Labute approximate surface area is 111 Å². The van der Waals surface area contributed by atoms with Crippen molar-refractivity contribution in [2.24, 2.45) is 0 Å². The van der Waals surface area contributed by atoms with Gasteiger partial charge in [-0.3, -0.25) is 4.79 Å². The highest BCUT2D eigenvalue weighted by Gasteiger charge is 2.23. The minimum atomic E-state index is -0.558. The van der Waals surface area contributed by atoms with Gasteiger partial charge in [0.2, 0.25) is 0 Å². The lowest BCUT2D eigenvalue weighted by molar-refractivity contribution is 0.0258. The molecule has 0 bridgehead atoms. The number of carbonyl (C=O) groups is 2. The largest absolute Gasteiger partial charge is 0.444 e. The van der Waals surface area contributed by atoms with E-state index in [2.05, 4.69) is 4.37 Å². The summed E-state index contributed by atoms with van der Waals surface area (Å²) in [4.78, 5) is 25.6. The monoisotopic (exact) mass is 270 g/mol. The Morgan fingerprint density at radius 2 is 2.11 bits per heavy atom. The molecular weight excluding hydrogens is 252 g/mol. The van der Waals surface area contributed by atoms with Crippen LogP contribution in [0.4, 0.5) is 4.79 Å². The van der Waals surface area contributed by atoms with Crippen LogP contribution < -0.4 is 0 Å². The number of likely N-dealkylation sites (N-methyl/N-ethyl adjacent to an activating group) is 1. The average Bonchev–Trinajstić information content (AvgIpc) is 2.76. The van der Waals surface area contributed by atoms with Gasteiger partial charge in [-0.25, -0.2) is 9.17 Å². The zero-order chi connectivity index (χ0) is 13.8. The molecule has 0 atom stereocenters. The Morgan fingerprint density at radius 3 is 2.56 bits per heavy atom. The molecule has 1 heterocycles. The van der Waals surface area contributed by atoms with Crippen LogP contribution in [0, 0.1) is 0 Å². The number of aromatic nitrogens is 1. The summed E-state index contributed by atoms with van der Waals surface area (Å²) >= 11 is 1.13. The van der Waals surface area contributed by atoms with Crippen LogP contribution in [0.3, 0.4) is 0 Å². The molecule has 0 radical (unpaired) electrons. The van der Waals surface area contributed by atoms with Crippen LogP contribution in [0.1, 0.15) is 37.4 Å². The van der Waals surface area contributed by atoms with Crippen LogP contribution in [0.5, 0.6) is 0 Å². The molecule has 0 aliphatic heterocycles. The van der Waals surface area contributed by atoms with Crippen molar-refractivity contribution < 1.29 is 14.3 Å². The van der Waals surface area contributed by atoms with Crippen molar-refractivity contribution in [1.29, 1.82) is 0 Å². The van der Waals surface area contributed by atoms with Gasteiger partial charge in [-0.05, 0) is 45.3 Å². The Bertz CT molecular complexity index is 409. The van der Waals surface area contributed by atoms with Crippen molar-refractivity contribution >= 4 is 23.4 Å². The number of ketones is 1. The fourth-order valence-corrected chi connectivity index (χ4v) is 1.77. The molecule has 0 spiro atoms. The average molecular weight is 270 g/mol. The summed E-state index contributed by atoms with van der Waals surface area (Å²) in [5.74, 6) is -0.120.